The Morgan fingerprint density at radius 1 is 0.786 bits per heavy atom. The second-order valence-electron chi connectivity index (χ2n) is 6.48. The molecule has 28 heavy (non-hydrogen) atoms. The Labute approximate surface area is 162 Å². The summed E-state index contributed by atoms with van der Waals surface area (Å²) in [5.41, 5.74) is 2.67. The minimum Gasteiger partial charge on any atom is -0.459 e. The van der Waals surface area contributed by atoms with Crippen molar-refractivity contribution in [2.45, 2.75) is 6.92 Å². The number of furan rings is 1. The molecule has 0 aliphatic heterocycles. The third kappa shape index (κ3) is 3.64. The first-order valence-electron chi connectivity index (χ1n) is 8.86. The van der Waals surface area contributed by atoms with E-state index in [-0.39, 0.29) is 17.6 Å². The van der Waals surface area contributed by atoms with E-state index in [2.05, 4.69) is 10.6 Å². The zero-order chi connectivity index (χ0) is 19.5. The van der Waals surface area contributed by atoms with Crippen molar-refractivity contribution in [2.24, 2.45) is 0 Å². The van der Waals surface area contributed by atoms with Gasteiger partial charge in [-0.15, -0.1) is 0 Å². The van der Waals surface area contributed by atoms with Crippen LogP contribution < -0.4 is 10.6 Å². The van der Waals surface area contributed by atoms with E-state index in [1.165, 1.54) is 6.26 Å². The molecule has 0 saturated heterocycles. The van der Waals surface area contributed by atoms with Gasteiger partial charge in [0.25, 0.3) is 11.8 Å². The molecule has 0 fully saturated rings. The van der Waals surface area contributed by atoms with Gasteiger partial charge in [-0.3, -0.25) is 9.59 Å². The van der Waals surface area contributed by atoms with Crippen molar-refractivity contribution in [1.82, 2.24) is 0 Å². The normalized spacial score (nSPS) is 10.6. The average molecular weight is 370 g/mol. The predicted molar refractivity (Wildman–Crippen MR) is 110 cm³/mol. The molecular weight excluding hydrogens is 352 g/mol. The van der Waals surface area contributed by atoms with Crippen molar-refractivity contribution in [3.63, 3.8) is 0 Å². The maximum Gasteiger partial charge on any atom is 0.291 e. The fraction of sp³-hybridized carbons (Fsp3) is 0.0435. The number of nitrogens with one attached hydrogen (secondary N) is 2. The van der Waals surface area contributed by atoms with Gasteiger partial charge < -0.3 is 15.1 Å². The van der Waals surface area contributed by atoms with Gasteiger partial charge in [-0.05, 0) is 59.7 Å². The Morgan fingerprint density at radius 3 is 2.39 bits per heavy atom. The van der Waals surface area contributed by atoms with E-state index in [0.717, 1.165) is 16.3 Å². The second-order valence-corrected chi connectivity index (χ2v) is 6.48. The molecule has 3 aromatic carbocycles. The van der Waals surface area contributed by atoms with Crippen molar-refractivity contribution in [1.29, 1.82) is 0 Å². The molecule has 0 aliphatic carbocycles. The first-order valence-corrected chi connectivity index (χ1v) is 8.86. The molecule has 4 aromatic rings. The van der Waals surface area contributed by atoms with Gasteiger partial charge in [0, 0.05) is 16.9 Å². The smallest absolute Gasteiger partial charge is 0.291 e. The molecule has 0 atom stereocenters. The maximum atomic E-state index is 12.7. The van der Waals surface area contributed by atoms with Crippen LogP contribution in [0.3, 0.4) is 0 Å². The highest BCUT2D eigenvalue weighted by atomic mass is 16.3. The number of hydrogen-bond donors (Lipinski definition) is 2. The summed E-state index contributed by atoms with van der Waals surface area (Å²) < 4.78 is 5.10. The summed E-state index contributed by atoms with van der Waals surface area (Å²) in [4.78, 5) is 24.9. The van der Waals surface area contributed by atoms with E-state index in [1.807, 2.05) is 49.4 Å². The van der Waals surface area contributed by atoms with Crippen LogP contribution in [0.25, 0.3) is 10.8 Å². The number of amides is 2. The first kappa shape index (κ1) is 17.5. The SMILES string of the molecule is Cc1ccc(NC(=O)c2ccco2)cc1NC(=O)c1ccc2ccccc2c1. The molecule has 5 nitrogen and oxygen atoms in total. The largest absolute Gasteiger partial charge is 0.459 e. The Hall–Kier alpha value is -3.86. The van der Waals surface area contributed by atoms with Crippen LogP contribution in [-0.2, 0) is 0 Å². The molecule has 4 rings (SSSR count). The monoisotopic (exact) mass is 370 g/mol. The van der Waals surface area contributed by atoms with Crippen LogP contribution in [-0.4, -0.2) is 11.8 Å². The predicted octanol–water partition coefficient (Wildman–Crippen LogP) is 5.25. The summed E-state index contributed by atoms with van der Waals surface area (Å²) in [5.74, 6) is -0.327. The second kappa shape index (κ2) is 7.40. The molecule has 5 heteroatoms. The highest BCUT2D eigenvalue weighted by Crippen LogP contribution is 2.23. The van der Waals surface area contributed by atoms with Crippen molar-refractivity contribution < 1.29 is 14.0 Å². The molecule has 0 unspecified atom stereocenters. The van der Waals surface area contributed by atoms with Gasteiger partial charge in [0.1, 0.15) is 0 Å². The van der Waals surface area contributed by atoms with Crippen LogP contribution >= 0.6 is 0 Å². The van der Waals surface area contributed by atoms with E-state index < -0.39 is 0 Å². The Balaban J connectivity index is 1.54. The van der Waals surface area contributed by atoms with E-state index >= 15 is 0 Å². The Bertz CT molecular complexity index is 1160. The number of fused-ring (bicyclic) bond motifs is 1. The molecule has 2 N–H and O–H groups in total. The molecule has 2 amide bonds. The lowest BCUT2D eigenvalue weighted by molar-refractivity contribution is 0.0995. The third-order valence-electron chi connectivity index (χ3n) is 4.50. The number of hydrogen-bond acceptors (Lipinski definition) is 3. The fourth-order valence-corrected chi connectivity index (χ4v) is 2.96. The van der Waals surface area contributed by atoms with E-state index in [4.69, 9.17) is 4.42 Å². The van der Waals surface area contributed by atoms with Gasteiger partial charge in [-0.2, -0.15) is 0 Å². The van der Waals surface area contributed by atoms with Crippen LogP contribution in [0.4, 0.5) is 11.4 Å². The zero-order valence-electron chi connectivity index (χ0n) is 15.2. The number of carbonyl (C=O) groups is 2. The van der Waals surface area contributed by atoms with Gasteiger partial charge in [-0.1, -0.05) is 36.4 Å². The van der Waals surface area contributed by atoms with Gasteiger partial charge in [0.05, 0.1) is 6.26 Å². The van der Waals surface area contributed by atoms with E-state index in [1.54, 1.807) is 30.3 Å². The summed E-state index contributed by atoms with van der Waals surface area (Å²) in [5, 5.41) is 7.78. The summed E-state index contributed by atoms with van der Waals surface area (Å²) in [6.45, 7) is 1.90. The van der Waals surface area contributed by atoms with Gasteiger partial charge in [-0.25, -0.2) is 0 Å². The topological polar surface area (TPSA) is 71.3 Å². The van der Waals surface area contributed by atoms with Crippen LogP contribution in [0.2, 0.25) is 0 Å². The van der Waals surface area contributed by atoms with Crippen LogP contribution in [0.1, 0.15) is 26.5 Å². The Morgan fingerprint density at radius 2 is 1.61 bits per heavy atom. The van der Waals surface area contributed by atoms with Crippen molar-refractivity contribution in [2.75, 3.05) is 10.6 Å². The standard InChI is InChI=1S/C23H18N2O3/c1-15-8-11-19(24-23(27)21-7-4-12-28-21)14-20(15)25-22(26)18-10-9-16-5-2-3-6-17(16)13-18/h2-14H,1H3,(H,24,27)(H,25,26). The quantitative estimate of drug-likeness (QED) is 0.516. The van der Waals surface area contributed by atoms with Gasteiger partial charge >= 0.3 is 0 Å². The summed E-state index contributed by atoms with van der Waals surface area (Å²) in [6.07, 6.45) is 1.44. The van der Waals surface area contributed by atoms with Crippen LogP contribution in [0, 0.1) is 6.92 Å². The highest BCUT2D eigenvalue weighted by Gasteiger charge is 2.12. The Kier molecular flexibility index (Phi) is 4.64. The average Bonchev–Trinajstić information content (AvgIpc) is 3.25. The molecule has 0 spiro atoms. The highest BCUT2D eigenvalue weighted by molar-refractivity contribution is 6.07. The number of rotatable bonds is 4. The first-order chi connectivity index (χ1) is 13.6. The van der Waals surface area contributed by atoms with Crippen LogP contribution in [0.5, 0.6) is 0 Å². The number of anilines is 2. The van der Waals surface area contributed by atoms with Crippen molar-refractivity contribution in [3.8, 4) is 0 Å². The lowest BCUT2D eigenvalue weighted by atomic mass is 10.1. The molecule has 138 valence electrons. The number of benzene rings is 3. The third-order valence-corrected chi connectivity index (χ3v) is 4.50. The van der Waals surface area contributed by atoms with Gasteiger partial charge in [0.15, 0.2) is 5.76 Å². The molecule has 0 radical (unpaired) electrons. The van der Waals surface area contributed by atoms with Gasteiger partial charge in [0.2, 0.25) is 0 Å². The lowest BCUT2D eigenvalue weighted by Gasteiger charge is -2.12. The molecule has 1 aromatic heterocycles. The zero-order valence-corrected chi connectivity index (χ0v) is 15.2. The summed E-state index contributed by atoms with van der Waals surface area (Å²) in [7, 11) is 0. The van der Waals surface area contributed by atoms with Crippen LogP contribution in [0.15, 0.2) is 83.5 Å². The minimum absolute atomic E-state index is 0.205. The van der Waals surface area contributed by atoms with E-state index in [0.29, 0.717) is 16.9 Å². The molecule has 0 saturated carbocycles. The van der Waals surface area contributed by atoms with E-state index in [9.17, 15) is 9.59 Å². The molecule has 0 bridgehead atoms. The van der Waals surface area contributed by atoms with Crippen molar-refractivity contribution in [3.05, 3.63) is 95.9 Å². The molecular formula is C23H18N2O3. The molecule has 1 heterocycles. The summed E-state index contributed by atoms with van der Waals surface area (Å²) >= 11 is 0. The maximum absolute atomic E-state index is 12.7. The van der Waals surface area contributed by atoms with Crippen molar-refractivity contribution >= 4 is 34.0 Å². The number of aryl methyl sites for hydroxylation is 1. The molecule has 0 aliphatic rings. The minimum atomic E-state index is -0.347. The number of carbonyl (C=O) groups excluding carboxylic acids is 2. The lowest BCUT2D eigenvalue weighted by Crippen LogP contribution is -2.14. The fourth-order valence-electron chi connectivity index (χ4n) is 2.96. The summed E-state index contributed by atoms with van der Waals surface area (Å²) in [6, 6.07) is 22.1.